The maximum absolute atomic E-state index is 13.9. The molecule has 0 spiro atoms. The fraction of sp³-hybridized carbons (Fsp3) is 0.750. The summed E-state index contributed by atoms with van der Waals surface area (Å²) in [5.41, 5.74) is 2.65. The van der Waals surface area contributed by atoms with Crippen LogP contribution in [0, 0.1) is 11.8 Å². The number of alkyl halides is 1. The van der Waals surface area contributed by atoms with Gasteiger partial charge < -0.3 is 4.90 Å². The van der Waals surface area contributed by atoms with Crippen LogP contribution in [0.3, 0.4) is 0 Å². The first-order chi connectivity index (χ1) is 11.4. The summed E-state index contributed by atoms with van der Waals surface area (Å²) in [6.07, 6.45) is 5.83. The van der Waals surface area contributed by atoms with Crippen molar-refractivity contribution >= 4 is 5.91 Å². The minimum Gasteiger partial charge on any atom is -0.340 e. The van der Waals surface area contributed by atoms with E-state index in [9.17, 15) is 9.18 Å². The van der Waals surface area contributed by atoms with Crippen LogP contribution in [0.25, 0.3) is 0 Å². The quantitative estimate of drug-likeness (QED) is 0.729. The van der Waals surface area contributed by atoms with Crippen molar-refractivity contribution in [3.05, 3.63) is 23.3 Å². The molecule has 1 saturated carbocycles. The molecule has 0 aromatic heterocycles. The summed E-state index contributed by atoms with van der Waals surface area (Å²) in [6.45, 7) is 12.6. The average Bonchev–Trinajstić information content (AvgIpc) is 2.55. The zero-order valence-electron chi connectivity index (χ0n) is 15.7. The lowest BCUT2D eigenvalue weighted by atomic mass is 9.78. The molecule has 0 radical (unpaired) electrons. The lowest BCUT2D eigenvalue weighted by Crippen LogP contribution is -2.52. The predicted octanol–water partition coefficient (Wildman–Crippen LogP) is 3.82. The van der Waals surface area contributed by atoms with Crippen molar-refractivity contribution in [2.45, 2.75) is 53.1 Å². The summed E-state index contributed by atoms with van der Waals surface area (Å²) in [4.78, 5) is 17.1. The van der Waals surface area contributed by atoms with Gasteiger partial charge in [-0.25, -0.2) is 4.39 Å². The fourth-order valence-corrected chi connectivity index (χ4v) is 3.73. The van der Waals surface area contributed by atoms with Gasteiger partial charge in [-0.2, -0.15) is 0 Å². The van der Waals surface area contributed by atoms with E-state index in [-0.39, 0.29) is 17.7 Å². The molecule has 0 bridgehead atoms. The molecule has 0 aromatic carbocycles. The van der Waals surface area contributed by atoms with Crippen molar-refractivity contribution in [2.75, 3.05) is 32.7 Å². The molecule has 3 nitrogen and oxygen atoms in total. The van der Waals surface area contributed by atoms with Gasteiger partial charge in [0.2, 0.25) is 5.91 Å². The van der Waals surface area contributed by atoms with Crippen molar-refractivity contribution in [1.29, 1.82) is 0 Å². The summed E-state index contributed by atoms with van der Waals surface area (Å²) >= 11 is 0. The molecule has 3 atom stereocenters. The summed E-state index contributed by atoms with van der Waals surface area (Å²) in [7, 11) is 0. The number of carbonyl (C=O) groups is 1. The van der Waals surface area contributed by atoms with Gasteiger partial charge in [-0.3, -0.25) is 9.69 Å². The minimum atomic E-state index is -0.808. The monoisotopic (exact) mass is 336 g/mol. The van der Waals surface area contributed by atoms with Crippen LogP contribution in [0.5, 0.6) is 0 Å². The van der Waals surface area contributed by atoms with Crippen molar-refractivity contribution in [1.82, 2.24) is 9.80 Å². The fourth-order valence-electron chi connectivity index (χ4n) is 3.73. The lowest BCUT2D eigenvalue weighted by molar-refractivity contribution is -0.141. The molecule has 1 amide bonds. The van der Waals surface area contributed by atoms with E-state index in [1.807, 2.05) is 11.8 Å². The molecule has 3 unspecified atom stereocenters. The van der Waals surface area contributed by atoms with Crippen molar-refractivity contribution < 1.29 is 9.18 Å². The van der Waals surface area contributed by atoms with Gasteiger partial charge >= 0.3 is 0 Å². The number of hydrogen-bond donors (Lipinski definition) is 0. The second-order valence-corrected chi connectivity index (χ2v) is 7.77. The van der Waals surface area contributed by atoms with Crippen LogP contribution >= 0.6 is 0 Å². The van der Waals surface area contributed by atoms with E-state index in [1.165, 1.54) is 11.1 Å². The van der Waals surface area contributed by atoms with Crippen LogP contribution in [-0.2, 0) is 4.79 Å². The molecular formula is C20H33FN2O. The molecule has 24 heavy (non-hydrogen) atoms. The van der Waals surface area contributed by atoms with Crippen LogP contribution in [-0.4, -0.2) is 54.6 Å². The predicted molar refractivity (Wildman–Crippen MR) is 97.6 cm³/mol. The van der Waals surface area contributed by atoms with E-state index in [0.717, 1.165) is 45.6 Å². The number of nitrogens with zero attached hydrogens (tertiary/aromatic N) is 2. The smallest absolute Gasteiger partial charge is 0.226 e. The van der Waals surface area contributed by atoms with Gasteiger partial charge in [0.25, 0.3) is 0 Å². The second-order valence-electron chi connectivity index (χ2n) is 7.77. The first-order valence-corrected chi connectivity index (χ1v) is 9.34. The first-order valence-electron chi connectivity index (χ1n) is 9.34. The van der Waals surface area contributed by atoms with E-state index in [1.54, 1.807) is 0 Å². The molecule has 136 valence electrons. The SMILES string of the molecule is CC(C)=C/C=C(/C)CN1CCN(C(=O)C2CCCC(F)C2C)CC1. The Labute approximate surface area is 146 Å². The number of carbonyl (C=O) groups excluding carboxylic acids is 1. The molecule has 2 fully saturated rings. The number of rotatable bonds is 4. The summed E-state index contributed by atoms with van der Waals surface area (Å²) < 4.78 is 13.9. The molecular weight excluding hydrogens is 303 g/mol. The van der Waals surface area contributed by atoms with Gasteiger partial charge in [-0.05, 0) is 46.0 Å². The highest BCUT2D eigenvalue weighted by molar-refractivity contribution is 5.79. The van der Waals surface area contributed by atoms with Crippen LogP contribution in [0.2, 0.25) is 0 Å². The van der Waals surface area contributed by atoms with Crippen LogP contribution in [0.15, 0.2) is 23.3 Å². The van der Waals surface area contributed by atoms with Gasteiger partial charge in [-0.1, -0.05) is 30.2 Å². The molecule has 1 heterocycles. The van der Waals surface area contributed by atoms with Gasteiger partial charge in [0.05, 0.1) is 0 Å². The van der Waals surface area contributed by atoms with Crippen molar-refractivity contribution in [3.8, 4) is 0 Å². The molecule has 1 saturated heterocycles. The molecule has 0 N–H and O–H groups in total. The third kappa shape index (κ3) is 5.17. The van der Waals surface area contributed by atoms with E-state index in [2.05, 4.69) is 37.8 Å². The Bertz CT molecular complexity index is 488. The van der Waals surface area contributed by atoms with Crippen LogP contribution in [0.4, 0.5) is 4.39 Å². The zero-order valence-corrected chi connectivity index (χ0v) is 15.7. The Morgan fingerprint density at radius 3 is 2.38 bits per heavy atom. The Morgan fingerprint density at radius 1 is 1.08 bits per heavy atom. The van der Waals surface area contributed by atoms with Gasteiger partial charge in [0.15, 0.2) is 0 Å². The van der Waals surface area contributed by atoms with E-state index in [4.69, 9.17) is 0 Å². The largest absolute Gasteiger partial charge is 0.340 e. The Kier molecular flexibility index (Phi) is 7.02. The van der Waals surface area contributed by atoms with Crippen LogP contribution in [0.1, 0.15) is 47.0 Å². The number of amides is 1. The molecule has 2 aliphatic rings. The summed E-state index contributed by atoms with van der Waals surface area (Å²) in [6, 6.07) is 0. The number of hydrogen-bond acceptors (Lipinski definition) is 2. The number of allylic oxidation sites excluding steroid dienone is 3. The van der Waals surface area contributed by atoms with E-state index >= 15 is 0 Å². The maximum atomic E-state index is 13.9. The maximum Gasteiger partial charge on any atom is 0.226 e. The molecule has 2 rings (SSSR count). The third-order valence-electron chi connectivity index (χ3n) is 5.38. The Morgan fingerprint density at radius 2 is 1.75 bits per heavy atom. The average molecular weight is 336 g/mol. The number of halogens is 1. The molecule has 1 aliphatic carbocycles. The van der Waals surface area contributed by atoms with Crippen molar-refractivity contribution in [3.63, 3.8) is 0 Å². The lowest BCUT2D eigenvalue weighted by Gasteiger charge is -2.39. The standard InChI is InChI=1S/C20H33FN2O/c1-15(2)8-9-16(3)14-22-10-12-23(13-11-22)20(24)18-6-5-7-19(21)17(18)4/h8-9,17-19H,5-7,10-14H2,1-4H3/b16-9-. The minimum absolute atomic E-state index is 0.111. The number of piperazine rings is 1. The zero-order chi connectivity index (χ0) is 17.7. The normalized spacial score (nSPS) is 29.5. The van der Waals surface area contributed by atoms with E-state index < -0.39 is 6.17 Å². The molecule has 4 heteroatoms. The summed E-state index contributed by atoms with van der Waals surface area (Å²) in [5.74, 6) is -0.0561. The molecule has 0 aromatic rings. The highest BCUT2D eigenvalue weighted by Crippen LogP contribution is 2.33. The Balaban J connectivity index is 1.83. The van der Waals surface area contributed by atoms with Gasteiger partial charge in [-0.15, -0.1) is 0 Å². The first kappa shape index (κ1) is 19.2. The van der Waals surface area contributed by atoms with Crippen LogP contribution < -0.4 is 0 Å². The Hall–Kier alpha value is -1.16. The van der Waals surface area contributed by atoms with E-state index in [0.29, 0.717) is 6.42 Å². The summed E-state index contributed by atoms with van der Waals surface area (Å²) in [5, 5.41) is 0. The third-order valence-corrected chi connectivity index (χ3v) is 5.38. The van der Waals surface area contributed by atoms with Gasteiger partial charge in [0.1, 0.15) is 6.17 Å². The molecule has 1 aliphatic heterocycles. The second kappa shape index (κ2) is 8.80. The van der Waals surface area contributed by atoms with Crippen molar-refractivity contribution in [2.24, 2.45) is 11.8 Å². The highest BCUT2D eigenvalue weighted by atomic mass is 19.1. The van der Waals surface area contributed by atoms with Gasteiger partial charge in [0, 0.05) is 38.6 Å². The highest BCUT2D eigenvalue weighted by Gasteiger charge is 2.37. The topological polar surface area (TPSA) is 23.6 Å².